The second-order valence-electron chi connectivity index (χ2n) is 4.93. The summed E-state index contributed by atoms with van der Waals surface area (Å²) in [4.78, 5) is 11.2. The number of carboxylic acids is 1. The minimum Gasteiger partial charge on any atom is -0.481 e. The first-order valence-corrected chi connectivity index (χ1v) is 5.52. The first-order valence-electron chi connectivity index (χ1n) is 5.52. The van der Waals surface area contributed by atoms with Crippen LogP contribution >= 0.6 is 0 Å². The molecule has 2 unspecified atom stereocenters. The third-order valence-corrected chi connectivity index (χ3v) is 3.89. The maximum Gasteiger partial charge on any atom is 0.309 e. The standard InChI is InChI=1S/C11H18O3/c12-4-2-1-3-11(10(13)14)6-8-5-9(8)7-11/h8-9,12H,1-7H2,(H,13,14). The molecule has 0 aromatic heterocycles. The Bertz CT molecular complexity index is 227. The van der Waals surface area contributed by atoms with E-state index in [1.807, 2.05) is 0 Å². The maximum absolute atomic E-state index is 11.2. The molecule has 0 radical (unpaired) electrons. The van der Waals surface area contributed by atoms with Crippen LogP contribution in [0.15, 0.2) is 0 Å². The molecule has 0 saturated heterocycles. The van der Waals surface area contributed by atoms with E-state index in [4.69, 9.17) is 5.11 Å². The summed E-state index contributed by atoms with van der Waals surface area (Å²) in [5.41, 5.74) is -0.428. The lowest BCUT2D eigenvalue weighted by Crippen LogP contribution is -2.29. The molecule has 2 aliphatic rings. The third kappa shape index (κ3) is 1.65. The second-order valence-corrected chi connectivity index (χ2v) is 4.93. The molecule has 80 valence electrons. The topological polar surface area (TPSA) is 57.5 Å². The van der Waals surface area contributed by atoms with Crippen molar-refractivity contribution in [3.05, 3.63) is 0 Å². The Kier molecular flexibility index (Phi) is 2.52. The predicted octanol–water partition coefficient (Wildman–Crippen LogP) is 1.65. The summed E-state index contributed by atoms with van der Waals surface area (Å²) in [6.07, 6.45) is 5.38. The molecule has 3 nitrogen and oxygen atoms in total. The second kappa shape index (κ2) is 3.54. The van der Waals surface area contributed by atoms with Gasteiger partial charge in [-0.2, -0.15) is 0 Å². The van der Waals surface area contributed by atoms with Crippen LogP contribution in [0.1, 0.15) is 38.5 Å². The van der Waals surface area contributed by atoms with Crippen molar-refractivity contribution < 1.29 is 15.0 Å². The van der Waals surface area contributed by atoms with Crippen LogP contribution < -0.4 is 0 Å². The smallest absolute Gasteiger partial charge is 0.309 e. The van der Waals surface area contributed by atoms with Crippen LogP contribution in [0.2, 0.25) is 0 Å². The van der Waals surface area contributed by atoms with E-state index in [0.717, 1.165) is 32.1 Å². The van der Waals surface area contributed by atoms with Crippen LogP contribution in [-0.4, -0.2) is 22.8 Å². The Morgan fingerprint density at radius 1 is 1.29 bits per heavy atom. The van der Waals surface area contributed by atoms with Crippen LogP contribution in [0.3, 0.4) is 0 Å². The van der Waals surface area contributed by atoms with Crippen molar-refractivity contribution in [2.45, 2.75) is 38.5 Å². The average molecular weight is 198 g/mol. The summed E-state index contributed by atoms with van der Waals surface area (Å²) in [6, 6.07) is 0. The molecule has 2 aliphatic carbocycles. The Balaban J connectivity index is 1.90. The van der Waals surface area contributed by atoms with Gasteiger partial charge in [-0.1, -0.05) is 6.42 Å². The van der Waals surface area contributed by atoms with E-state index in [0.29, 0.717) is 11.8 Å². The van der Waals surface area contributed by atoms with Gasteiger partial charge in [0.2, 0.25) is 0 Å². The van der Waals surface area contributed by atoms with Gasteiger partial charge in [-0.3, -0.25) is 4.79 Å². The zero-order chi connectivity index (χ0) is 10.2. The van der Waals surface area contributed by atoms with Crippen molar-refractivity contribution in [1.82, 2.24) is 0 Å². The minimum atomic E-state index is -0.609. The summed E-state index contributed by atoms with van der Waals surface area (Å²) in [5, 5.41) is 17.9. The van der Waals surface area contributed by atoms with Crippen LogP contribution in [0.5, 0.6) is 0 Å². The predicted molar refractivity (Wildman–Crippen MR) is 51.8 cm³/mol. The van der Waals surface area contributed by atoms with E-state index in [2.05, 4.69) is 0 Å². The van der Waals surface area contributed by atoms with Gasteiger partial charge < -0.3 is 10.2 Å². The molecule has 2 fully saturated rings. The molecule has 14 heavy (non-hydrogen) atoms. The molecule has 0 aliphatic heterocycles. The lowest BCUT2D eigenvalue weighted by molar-refractivity contribution is -0.149. The molecule has 0 heterocycles. The normalized spacial score (nSPS) is 39.5. The zero-order valence-electron chi connectivity index (χ0n) is 8.41. The van der Waals surface area contributed by atoms with Crippen LogP contribution in [0.4, 0.5) is 0 Å². The minimum absolute atomic E-state index is 0.183. The molecule has 0 aromatic carbocycles. The molecule has 2 saturated carbocycles. The van der Waals surface area contributed by atoms with Gasteiger partial charge in [0, 0.05) is 6.61 Å². The van der Waals surface area contributed by atoms with Crippen molar-refractivity contribution in [2.75, 3.05) is 6.61 Å². The number of aliphatic carboxylic acids is 1. The molecule has 2 rings (SSSR count). The van der Waals surface area contributed by atoms with Gasteiger partial charge in [-0.05, 0) is 43.9 Å². The number of fused-ring (bicyclic) bond motifs is 1. The molecule has 2 N–H and O–H groups in total. The molecular formula is C11H18O3. The molecule has 0 spiro atoms. The summed E-state index contributed by atoms with van der Waals surface area (Å²) in [6.45, 7) is 0.183. The summed E-state index contributed by atoms with van der Waals surface area (Å²) in [5.74, 6) is 0.808. The van der Waals surface area contributed by atoms with E-state index in [9.17, 15) is 9.90 Å². The first-order chi connectivity index (χ1) is 6.68. The maximum atomic E-state index is 11.2. The highest BCUT2D eigenvalue weighted by atomic mass is 16.4. The Labute approximate surface area is 84.1 Å². The molecule has 0 bridgehead atoms. The van der Waals surface area contributed by atoms with E-state index in [-0.39, 0.29) is 6.61 Å². The summed E-state index contributed by atoms with van der Waals surface area (Å²) >= 11 is 0. The van der Waals surface area contributed by atoms with E-state index < -0.39 is 11.4 Å². The zero-order valence-corrected chi connectivity index (χ0v) is 8.41. The summed E-state index contributed by atoms with van der Waals surface area (Å²) in [7, 11) is 0. The fraction of sp³-hybridized carbons (Fsp3) is 0.909. The first kappa shape index (κ1) is 9.97. The van der Waals surface area contributed by atoms with Crippen LogP contribution in [-0.2, 0) is 4.79 Å². The van der Waals surface area contributed by atoms with Crippen LogP contribution in [0.25, 0.3) is 0 Å². The lowest BCUT2D eigenvalue weighted by atomic mass is 9.78. The Morgan fingerprint density at radius 2 is 1.93 bits per heavy atom. The highest BCUT2D eigenvalue weighted by Gasteiger charge is 2.56. The fourth-order valence-corrected chi connectivity index (χ4v) is 2.96. The largest absolute Gasteiger partial charge is 0.481 e. The number of aliphatic hydroxyl groups excluding tert-OH is 1. The summed E-state index contributed by atoms with van der Waals surface area (Å²) < 4.78 is 0. The molecule has 0 amide bonds. The van der Waals surface area contributed by atoms with Crippen molar-refractivity contribution in [3.8, 4) is 0 Å². The average Bonchev–Trinajstić information content (AvgIpc) is 2.75. The lowest BCUT2D eigenvalue weighted by Gasteiger charge is -2.25. The Hall–Kier alpha value is -0.570. The van der Waals surface area contributed by atoms with Crippen molar-refractivity contribution in [3.63, 3.8) is 0 Å². The number of aliphatic hydroxyl groups is 1. The highest BCUT2D eigenvalue weighted by Crippen LogP contribution is 2.61. The fourth-order valence-electron chi connectivity index (χ4n) is 2.96. The third-order valence-electron chi connectivity index (χ3n) is 3.89. The van der Waals surface area contributed by atoms with E-state index >= 15 is 0 Å². The Morgan fingerprint density at radius 3 is 2.43 bits per heavy atom. The molecule has 0 aromatic rings. The van der Waals surface area contributed by atoms with Gasteiger partial charge in [0.15, 0.2) is 0 Å². The number of unbranched alkanes of at least 4 members (excludes halogenated alkanes) is 1. The van der Waals surface area contributed by atoms with Gasteiger partial charge in [0.25, 0.3) is 0 Å². The monoisotopic (exact) mass is 198 g/mol. The highest BCUT2D eigenvalue weighted by molar-refractivity contribution is 5.75. The van der Waals surface area contributed by atoms with Gasteiger partial charge in [-0.15, -0.1) is 0 Å². The molecular weight excluding hydrogens is 180 g/mol. The van der Waals surface area contributed by atoms with Gasteiger partial charge in [0.1, 0.15) is 0 Å². The van der Waals surface area contributed by atoms with Gasteiger partial charge in [-0.25, -0.2) is 0 Å². The number of carboxylic acid groups (broad SMARTS) is 1. The van der Waals surface area contributed by atoms with E-state index in [1.165, 1.54) is 6.42 Å². The van der Waals surface area contributed by atoms with Gasteiger partial charge >= 0.3 is 5.97 Å². The number of rotatable bonds is 5. The SMILES string of the molecule is O=C(O)C1(CCCCO)CC2CC2C1. The van der Waals surface area contributed by atoms with Crippen molar-refractivity contribution in [1.29, 1.82) is 0 Å². The van der Waals surface area contributed by atoms with Crippen LogP contribution in [0, 0.1) is 17.3 Å². The van der Waals surface area contributed by atoms with Crippen molar-refractivity contribution in [2.24, 2.45) is 17.3 Å². The van der Waals surface area contributed by atoms with Gasteiger partial charge in [0.05, 0.1) is 5.41 Å². The number of carbonyl (C=O) groups is 1. The van der Waals surface area contributed by atoms with Crippen molar-refractivity contribution >= 4 is 5.97 Å². The van der Waals surface area contributed by atoms with E-state index in [1.54, 1.807) is 0 Å². The quantitative estimate of drug-likeness (QED) is 0.660. The number of hydrogen-bond acceptors (Lipinski definition) is 2. The molecule has 3 heteroatoms. The molecule has 2 atom stereocenters. The number of hydrogen-bond donors (Lipinski definition) is 2.